The van der Waals surface area contributed by atoms with Gasteiger partial charge in [0.05, 0.1) is 26.7 Å². The number of benzene rings is 1. The van der Waals surface area contributed by atoms with Crippen LogP contribution in [0.4, 0.5) is 0 Å². The van der Waals surface area contributed by atoms with Crippen LogP contribution in [0.2, 0.25) is 0 Å². The minimum absolute atomic E-state index is 0. The van der Waals surface area contributed by atoms with Crippen LogP contribution in [-0.2, 0) is 11.2 Å². The van der Waals surface area contributed by atoms with E-state index in [0.29, 0.717) is 31.2 Å². The zero-order valence-corrected chi connectivity index (χ0v) is 21.9. The zero-order valence-electron chi connectivity index (χ0n) is 19.5. The van der Waals surface area contributed by atoms with Gasteiger partial charge in [-0.25, -0.2) is 0 Å². The molecule has 0 unspecified atom stereocenters. The summed E-state index contributed by atoms with van der Waals surface area (Å²) in [6.07, 6.45) is 4.68. The summed E-state index contributed by atoms with van der Waals surface area (Å²) >= 11 is 0. The summed E-state index contributed by atoms with van der Waals surface area (Å²) in [5, 5.41) is 6.69. The second-order valence-corrected chi connectivity index (χ2v) is 7.80. The first-order valence-electron chi connectivity index (χ1n) is 10.4. The SMILES string of the molecule is CN=C(NCCc1c(OC)cc(OC)cc1OC)NCC1(C(=O)N(C)C)CCCC1.I. The highest BCUT2D eigenvalue weighted by Gasteiger charge is 2.42. The average molecular weight is 548 g/mol. The van der Waals surface area contributed by atoms with Crippen molar-refractivity contribution in [2.24, 2.45) is 10.4 Å². The summed E-state index contributed by atoms with van der Waals surface area (Å²) in [4.78, 5) is 18.8. The summed E-state index contributed by atoms with van der Waals surface area (Å²) in [5.74, 6) is 3.00. The number of guanidine groups is 1. The predicted molar refractivity (Wildman–Crippen MR) is 134 cm³/mol. The third kappa shape index (κ3) is 6.78. The number of amides is 1. The van der Waals surface area contributed by atoms with E-state index < -0.39 is 0 Å². The van der Waals surface area contributed by atoms with Gasteiger partial charge in [0.25, 0.3) is 0 Å². The number of nitrogens with zero attached hydrogens (tertiary/aromatic N) is 2. The Morgan fingerprint density at radius 1 is 1.06 bits per heavy atom. The van der Waals surface area contributed by atoms with Crippen molar-refractivity contribution in [3.8, 4) is 17.2 Å². The highest BCUT2D eigenvalue weighted by Crippen LogP contribution is 2.39. The van der Waals surface area contributed by atoms with Gasteiger partial charge in [0, 0.05) is 51.9 Å². The summed E-state index contributed by atoms with van der Waals surface area (Å²) < 4.78 is 16.3. The van der Waals surface area contributed by atoms with Gasteiger partial charge < -0.3 is 29.7 Å². The Kier molecular flexibility index (Phi) is 11.2. The lowest BCUT2D eigenvalue weighted by molar-refractivity contribution is -0.138. The first-order valence-corrected chi connectivity index (χ1v) is 10.4. The van der Waals surface area contributed by atoms with Crippen LogP contribution in [0, 0.1) is 5.41 Å². The smallest absolute Gasteiger partial charge is 0.230 e. The molecule has 0 saturated heterocycles. The molecule has 2 N–H and O–H groups in total. The van der Waals surface area contributed by atoms with Crippen LogP contribution in [0.25, 0.3) is 0 Å². The number of hydrogen-bond donors (Lipinski definition) is 2. The molecule has 1 aliphatic rings. The van der Waals surface area contributed by atoms with Crippen molar-refractivity contribution >= 4 is 35.8 Å². The molecular formula is C22H37IN4O4. The van der Waals surface area contributed by atoms with Crippen LogP contribution in [-0.4, -0.2) is 72.3 Å². The molecule has 0 heterocycles. The van der Waals surface area contributed by atoms with Crippen molar-refractivity contribution < 1.29 is 19.0 Å². The van der Waals surface area contributed by atoms with E-state index in [1.807, 2.05) is 26.2 Å². The molecule has 0 aliphatic heterocycles. The van der Waals surface area contributed by atoms with E-state index >= 15 is 0 Å². The van der Waals surface area contributed by atoms with Crippen molar-refractivity contribution in [2.75, 3.05) is 55.6 Å². The number of nitrogens with one attached hydrogen (secondary N) is 2. The fourth-order valence-electron chi connectivity index (χ4n) is 4.10. The van der Waals surface area contributed by atoms with E-state index in [4.69, 9.17) is 14.2 Å². The van der Waals surface area contributed by atoms with E-state index in [2.05, 4.69) is 15.6 Å². The Morgan fingerprint density at radius 2 is 1.65 bits per heavy atom. The van der Waals surface area contributed by atoms with Gasteiger partial charge in [0.2, 0.25) is 5.91 Å². The van der Waals surface area contributed by atoms with Crippen molar-refractivity contribution in [3.63, 3.8) is 0 Å². The van der Waals surface area contributed by atoms with E-state index in [1.165, 1.54) is 0 Å². The van der Waals surface area contributed by atoms with Gasteiger partial charge in [-0.1, -0.05) is 12.8 Å². The zero-order chi connectivity index (χ0) is 22.1. The molecule has 1 aromatic carbocycles. The molecule has 1 aromatic rings. The van der Waals surface area contributed by atoms with Gasteiger partial charge in [-0.05, 0) is 19.3 Å². The van der Waals surface area contributed by atoms with Gasteiger partial charge in [-0.3, -0.25) is 9.79 Å². The number of hydrogen-bond acceptors (Lipinski definition) is 5. The maximum absolute atomic E-state index is 12.7. The number of methoxy groups -OCH3 is 3. The first-order chi connectivity index (χ1) is 14.4. The second kappa shape index (κ2) is 12.8. The van der Waals surface area contributed by atoms with Crippen LogP contribution < -0.4 is 24.8 Å². The first kappa shape index (κ1) is 27.1. The number of carbonyl (C=O) groups excluding carboxylic acids is 1. The van der Waals surface area contributed by atoms with Crippen molar-refractivity contribution in [1.29, 1.82) is 0 Å². The Morgan fingerprint density at radius 3 is 2.10 bits per heavy atom. The molecule has 1 amide bonds. The van der Waals surface area contributed by atoms with Gasteiger partial charge >= 0.3 is 0 Å². The number of rotatable bonds is 9. The summed E-state index contributed by atoms with van der Waals surface area (Å²) in [7, 11) is 10.3. The summed E-state index contributed by atoms with van der Waals surface area (Å²) in [5.41, 5.74) is 0.614. The molecule has 1 fully saturated rings. The fraction of sp³-hybridized carbons (Fsp3) is 0.636. The van der Waals surface area contributed by atoms with E-state index in [0.717, 1.165) is 42.7 Å². The van der Waals surface area contributed by atoms with Gasteiger partial charge in [0.1, 0.15) is 17.2 Å². The number of aliphatic imine (C=N–C) groups is 1. The van der Waals surface area contributed by atoms with Crippen LogP contribution in [0.5, 0.6) is 17.2 Å². The quantitative estimate of drug-likeness (QED) is 0.281. The molecule has 0 bridgehead atoms. The van der Waals surface area contributed by atoms with Crippen molar-refractivity contribution in [3.05, 3.63) is 17.7 Å². The Labute approximate surface area is 203 Å². The highest BCUT2D eigenvalue weighted by atomic mass is 127. The van der Waals surface area contributed by atoms with Crippen LogP contribution in [0.3, 0.4) is 0 Å². The lowest BCUT2D eigenvalue weighted by Gasteiger charge is -2.31. The Bertz CT molecular complexity index is 724. The molecule has 0 radical (unpaired) electrons. The van der Waals surface area contributed by atoms with Crippen LogP contribution in [0.15, 0.2) is 17.1 Å². The van der Waals surface area contributed by atoms with Gasteiger partial charge in [-0.2, -0.15) is 0 Å². The monoisotopic (exact) mass is 548 g/mol. The Hall–Kier alpha value is -1.91. The van der Waals surface area contributed by atoms with Crippen LogP contribution >= 0.6 is 24.0 Å². The molecule has 1 saturated carbocycles. The number of ether oxygens (including phenoxy) is 3. The lowest BCUT2D eigenvalue weighted by Crippen LogP contribution is -2.49. The normalized spacial score (nSPS) is 15.0. The molecule has 0 spiro atoms. The molecule has 0 atom stereocenters. The van der Waals surface area contributed by atoms with Gasteiger partial charge in [-0.15, -0.1) is 24.0 Å². The molecular weight excluding hydrogens is 511 g/mol. The fourth-order valence-corrected chi connectivity index (χ4v) is 4.10. The van der Waals surface area contributed by atoms with Crippen LogP contribution in [0.1, 0.15) is 31.2 Å². The third-order valence-electron chi connectivity index (χ3n) is 5.72. The van der Waals surface area contributed by atoms with E-state index in [-0.39, 0.29) is 35.3 Å². The molecule has 176 valence electrons. The largest absolute Gasteiger partial charge is 0.496 e. The summed E-state index contributed by atoms with van der Waals surface area (Å²) in [6, 6.07) is 3.70. The minimum Gasteiger partial charge on any atom is -0.496 e. The molecule has 8 nitrogen and oxygen atoms in total. The second-order valence-electron chi connectivity index (χ2n) is 7.80. The average Bonchev–Trinajstić information content (AvgIpc) is 3.25. The maximum atomic E-state index is 12.7. The topological polar surface area (TPSA) is 84.4 Å². The number of halogens is 1. The third-order valence-corrected chi connectivity index (χ3v) is 5.72. The van der Waals surface area contributed by atoms with E-state index in [9.17, 15) is 4.79 Å². The standard InChI is InChI=1S/C22H36N4O4.HI/c1-23-21(25-15-22(10-7-8-11-22)20(27)26(2)3)24-12-9-17-18(29-5)13-16(28-4)14-19(17)30-6;/h13-14H,7-12,15H2,1-6H3,(H2,23,24,25);1H. The lowest BCUT2D eigenvalue weighted by atomic mass is 9.84. The highest BCUT2D eigenvalue weighted by molar-refractivity contribution is 14.0. The molecule has 0 aromatic heterocycles. The predicted octanol–water partition coefficient (Wildman–Crippen LogP) is 2.69. The van der Waals surface area contributed by atoms with Crippen molar-refractivity contribution in [1.82, 2.24) is 15.5 Å². The minimum atomic E-state index is -0.344. The molecule has 31 heavy (non-hydrogen) atoms. The molecule has 1 aliphatic carbocycles. The van der Waals surface area contributed by atoms with E-state index in [1.54, 1.807) is 33.3 Å². The van der Waals surface area contributed by atoms with Crippen molar-refractivity contribution in [2.45, 2.75) is 32.1 Å². The maximum Gasteiger partial charge on any atom is 0.230 e. The molecule has 9 heteroatoms. The Balaban J connectivity index is 0.00000480. The molecule has 2 rings (SSSR count). The van der Waals surface area contributed by atoms with Gasteiger partial charge in [0.15, 0.2) is 5.96 Å². The number of carbonyl (C=O) groups is 1. The summed E-state index contributed by atoms with van der Waals surface area (Å²) in [6.45, 7) is 1.21.